The first kappa shape index (κ1) is 12.5. The molecule has 0 radical (unpaired) electrons. The number of fused-ring (bicyclic) bond motifs is 1. The Kier molecular flexibility index (Phi) is 3.44. The van der Waals surface area contributed by atoms with E-state index in [1.165, 1.54) is 0 Å². The van der Waals surface area contributed by atoms with Crippen molar-refractivity contribution in [3.63, 3.8) is 0 Å². The summed E-state index contributed by atoms with van der Waals surface area (Å²) < 4.78 is 6.48. The van der Waals surface area contributed by atoms with Crippen LogP contribution in [0.25, 0.3) is 10.2 Å². The first-order chi connectivity index (χ1) is 9.20. The van der Waals surface area contributed by atoms with Crippen molar-refractivity contribution >= 4 is 38.3 Å². The first-order valence-corrected chi connectivity index (χ1v) is 7.25. The first-order valence-electron chi connectivity index (χ1n) is 6.06. The van der Waals surface area contributed by atoms with E-state index in [0.29, 0.717) is 5.02 Å². The molecule has 0 spiro atoms. The van der Waals surface area contributed by atoms with E-state index in [4.69, 9.17) is 16.0 Å². The summed E-state index contributed by atoms with van der Waals surface area (Å²) in [6.45, 7) is 2.11. The van der Waals surface area contributed by atoms with E-state index in [0.717, 1.165) is 27.5 Å². The number of rotatable bonds is 4. The summed E-state index contributed by atoms with van der Waals surface area (Å²) in [7, 11) is 0. The molecule has 0 fully saturated rings. The van der Waals surface area contributed by atoms with Gasteiger partial charge in [-0.05, 0) is 37.3 Å². The van der Waals surface area contributed by atoms with Crippen LogP contribution in [0.2, 0.25) is 5.02 Å². The quantitative estimate of drug-likeness (QED) is 0.764. The molecule has 0 aliphatic heterocycles. The van der Waals surface area contributed by atoms with Crippen molar-refractivity contribution in [3.05, 3.63) is 47.4 Å². The molecule has 98 valence electrons. The van der Waals surface area contributed by atoms with Gasteiger partial charge in [0, 0.05) is 17.5 Å². The number of nitrogens with zero attached hydrogens (tertiary/aromatic N) is 1. The Morgan fingerprint density at radius 2 is 2.32 bits per heavy atom. The van der Waals surface area contributed by atoms with E-state index < -0.39 is 0 Å². The average molecular weight is 293 g/mol. The second-order valence-electron chi connectivity index (χ2n) is 4.46. The lowest BCUT2D eigenvalue weighted by atomic mass is 10.2. The standard InChI is InChI=1S/C14H13ClN2OS/c1-9(7-11-3-2-6-18-11)16-14-17-12-8-10(15)4-5-13(12)19-14/h2-6,8-9H,7H2,1H3,(H,16,17). The zero-order chi connectivity index (χ0) is 13.2. The van der Waals surface area contributed by atoms with Gasteiger partial charge in [-0.2, -0.15) is 0 Å². The summed E-state index contributed by atoms with van der Waals surface area (Å²) >= 11 is 7.60. The van der Waals surface area contributed by atoms with Gasteiger partial charge in [-0.1, -0.05) is 22.9 Å². The van der Waals surface area contributed by atoms with E-state index in [1.807, 2.05) is 30.3 Å². The molecule has 19 heavy (non-hydrogen) atoms. The SMILES string of the molecule is CC(Cc1ccco1)Nc1nc2cc(Cl)ccc2s1. The number of hydrogen-bond donors (Lipinski definition) is 1. The molecule has 3 aromatic rings. The van der Waals surface area contributed by atoms with Gasteiger partial charge in [0.1, 0.15) is 5.76 Å². The second kappa shape index (κ2) is 5.23. The lowest BCUT2D eigenvalue weighted by Crippen LogP contribution is -2.17. The van der Waals surface area contributed by atoms with Crippen LogP contribution in [0.15, 0.2) is 41.0 Å². The Morgan fingerprint density at radius 1 is 1.42 bits per heavy atom. The molecule has 1 unspecified atom stereocenters. The van der Waals surface area contributed by atoms with E-state index in [9.17, 15) is 0 Å². The molecule has 0 amide bonds. The molecule has 3 rings (SSSR count). The average Bonchev–Trinajstić information content (AvgIpc) is 2.97. The zero-order valence-corrected chi connectivity index (χ0v) is 12.0. The van der Waals surface area contributed by atoms with Crippen LogP contribution in [0, 0.1) is 0 Å². The number of aromatic nitrogens is 1. The van der Waals surface area contributed by atoms with Gasteiger partial charge in [0.2, 0.25) is 0 Å². The van der Waals surface area contributed by atoms with Gasteiger partial charge in [0.25, 0.3) is 0 Å². The molecule has 0 saturated carbocycles. The maximum absolute atomic E-state index is 5.96. The molecule has 1 atom stereocenters. The number of halogens is 1. The molecule has 1 aromatic carbocycles. The number of hydrogen-bond acceptors (Lipinski definition) is 4. The number of nitrogens with one attached hydrogen (secondary N) is 1. The Labute approximate surface area is 120 Å². The van der Waals surface area contributed by atoms with Gasteiger partial charge >= 0.3 is 0 Å². The maximum Gasteiger partial charge on any atom is 0.184 e. The molecule has 0 bridgehead atoms. The fourth-order valence-electron chi connectivity index (χ4n) is 1.95. The lowest BCUT2D eigenvalue weighted by molar-refractivity contribution is 0.498. The van der Waals surface area contributed by atoms with Crippen molar-refractivity contribution in [1.82, 2.24) is 4.98 Å². The molecule has 0 aliphatic carbocycles. The maximum atomic E-state index is 5.96. The minimum atomic E-state index is 0.266. The van der Waals surface area contributed by atoms with Gasteiger partial charge in [0.15, 0.2) is 5.13 Å². The van der Waals surface area contributed by atoms with Crippen molar-refractivity contribution in [2.75, 3.05) is 5.32 Å². The second-order valence-corrected chi connectivity index (χ2v) is 5.93. The fraction of sp³-hybridized carbons (Fsp3) is 0.214. The molecule has 5 heteroatoms. The van der Waals surface area contributed by atoms with Crippen LogP contribution in [0.5, 0.6) is 0 Å². The number of anilines is 1. The van der Waals surface area contributed by atoms with E-state index in [1.54, 1.807) is 17.6 Å². The minimum Gasteiger partial charge on any atom is -0.469 e. The summed E-state index contributed by atoms with van der Waals surface area (Å²) in [6, 6.07) is 9.92. The molecular formula is C14H13ClN2OS. The van der Waals surface area contributed by atoms with Crippen molar-refractivity contribution < 1.29 is 4.42 Å². The summed E-state index contributed by atoms with van der Waals surface area (Å²) in [5, 5.41) is 5.02. The third-order valence-electron chi connectivity index (χ3n) is 2.81. The molecular weight excluding hydrogens is 280 g/mol. The smallest absolute Gasteiger partial charge is 0.184 e. The molecule has 2 heterocycles. The number of thiazole rings is 1. The third-order valence-corrected chi connectivity index (χ3v) is 4.01. The summed E-state index contributed by atoms with van der Waals surface area (Å²) in [5.74, 6) is 0.976. The van der Waals surface area contributed by atoms with Gasteiger partial charge in [-0.15, -0.1) is 0 Å². The third kappa shape index (κ3) is 2.91. The van der Waals surface area contributed by atoms with Gasteiger partial charge in [-0.3, -0.25) is 0 Å². The molecule has 0 saturated heterocycles. The van der Waals surface area contributed by atoms with E-state index >= 15 is 0 Å². The van der Waals surface area contributed by atoms with Crippen molar-refractivity contribution in [2.45, 2.75) is 19.4 Å². The van der Waals surface area contributed by atoms with Crippen LogP contribution in [0.4, 0.5) is 5.13 Å². The van der Waals surface area contributed by atoms with Gasteiger partial charge < -0.3 is 9.73 Å². The highest BCUT2D eigenvalue weighted by Gasteiger charge is 2.09. The Morgan fingerprint density at radius 3 is 3.11 bits per heavy atom. The van der Waals surface area contributed by atoms with Crippen LogP contribution in [0.3, 0.4) is 0 Å². The highest BCUT2D eigenvalue weighted by atomic mass is 35.5. The van der Waals surface area contributed by atoms with Crippen LogP contribution >= 0.6 is 22.9 Å². The van der Waals surface area contributed by atoms with Crippen LogP contribution in [-0.2, 0) is 6.42 Å². The molecule has 2 aromatic heterocycles. The zero-order valence-electron chi connectivity index (χ0n) is 10.4. The molecule has 0 aliphatic rings. The van der Waals surface area contributed by atoms with E-state index in [2.05, 4.69) is 17.2 Å². The van der Waals surface area contributed by atoms with Crippen molar-refractivity contribution in [3.8, 4) is 0 Å². The fourth-order valence-corrected chi connectivity index (χ4v) is 3.08. The highest BCUT2D eigenvalue weighted by molar-refractivity contribution is 7.22. The Hall–Kier alpha value is -1.52. The molecule has 1 N–H and O–H groups in total. The number of furan rings is 1. The monoisotopic (exact) mass is 292 g/mol. The summed E-state index contributed by atoms with van der Waals surface area (Å²) in [5.41, 5.74) is 0.935. The van der Waals surface area contributed by atoms with E-state index in [-0.39, 0.29) is 6.04 Å². The molecule has 3 nitrogen and oxygen atoms in total. The largest absolute Gasteiger partial charge is 0.469 e. The summed E-state index contributed by atoms with van der Waals surface area (Å²) in [6.07, 6.45) is 2.53. The Bertz CT molecular complexity index is 678. The normalized spacial score (nSPS) is 12.7. The van der Waals surface area contributed by atoms with Crippen molar-refractivity contribution in [1.29, 1.82) is 0 Å². The predicted molar refractivity (Wildman–Crippen MR) is 80.1 cm³/mol. The van der Waals surface area contributed by atoms with Crippen LogP contribution < -0.4 is 5.32 Å². The Balaban J connectivity index is 1.74. The van der Waals surface area contributed by atoms with Gasteiger partial charge in [-0.25, -0.2) is 4.98 Å². The summed E-state index contributed by atoms with van der Waals surface area (Å²) in [4.78, 5) is 4.54. The topological polar surface area (TPSA) is 38.1 Å². The van der Waals surface area contributed by atoms with Crippen molar-refractivity contribution in [2.24, 2.45) is 0 Å². The number of benzene rings is 1. The predicted octanol–water partition coefficient (Wildman–Crippen LogP) is 4.59. The van der Waals surface area contributed by atoms with Gasteiger partial charge in [0.05, 0.1) is 16.5 Å². The lowest BCUT2D eigenvalue weighted by Gasteiger charge is -2.10. The highest BCUT2D eigenvalue weighted by Crippen LogP contribution is 2.28. The van der Waals surface area contributed by atoms with Crippen LogP contribution in [-0.4, -0.2) is 11.0 Å². The minimum absolute atomic E-state index is 0.266. The van der Waals surface area contributed by atoms with Crippen LogP contribution in [0.1, 0.15) is 12.7 Å².